The Labute approximate surface area is 255 Å². The SMILES string of the molecule is CCCCOC(=O)C(C)(C)n1c(=O)c2c(C)c(-n3nccn3)sc2n(C[C@H](OCCC(=O)O)c2cc(F)ccc2OC)c1=O. The normalized spacial score (nSPS) is 12.4. The quantitative estimate of drug-likeness (QED) is 0.161. The van der Waals surface area contributed by atoms with Gasteiger partial charge in [-0.05, 0) is 45.4 Å². The average Bonchev–Trinajstić information content (AvgIpc) is 3.62. The Morgan fingerprint density at radius 3 is 2.50 bits per heavy atom. The fourth-order valence-electron chi connectivity index (χ4n) is 4.73. The second-order valence-corrected chi connectivity index (χ2v) is 11.5. The highest BCUT2D eigenvalue weighted by Crippen LogP contribution is 2.34. The van der Waals surface area contributed by atoms with Gasteiger partial charge in [0.2, 0.25) is 0 Å². The second-order valence-electron chi connectivity index (χ2n) is 10.5. The molecule has 44 heavy (non-hydrogen) atoms. The van der Waals surface area contributed by atoms with Crippen LogP contribution in [-0.4, -0.2) is 61.5 Å². The molecule has 0 bridgehead atoms. The highest BCUT2D eigenvalue weighted by atomic mass is 32.1. The van der Waals surface area contributed by atoms with Crippen LogP contribution in [0.3, 0.4) is 0 Å². The van der Waals surface area contributed by atoms with Crippen molar-refractivity contribution in [3.63, 3.8) is 0 Å². The standard InChI is InChI=1S/C29H34FN5O8S/c1-6-7-13-43-27(39)29(3,4)34-24(38)23-17(2)25(35-31-11-12-32-35)44-26(23)33(28(34)40)16-21(42-14-10-22(36)37)19-15-18(30)8-9-20(19)41-5/h8-9,11-12,15,21H,6-7,10,13-14,16H2,1-5H3,(H,36,37)/t21-/m0/s1. The zero-order valence-electron chi connectivity index (χ0n) is 25.0. The summed E-state index contributed by atoms with van der Waals surface area (Å²) in [5.74, 6) is -2.24. The molecular formula is C29H34FN5O8S. The van der Waals surface area contributed by atoms with Gasteiger partial charge in [0.25, 0.3) is 5.56 Å². The predicted octanol–water partition coefficient (Wildman–Crippen LogP) is 3.57. The fourth-order valence-corrected chi connectivity index (χ4v) is 5.95. The fraction of sp³-hybridized carbons (Fsp3) is 0.448. The van der Waals surface area contributed by atoms with Gasteiger partial charge in [0.1, 0.15) is 33.0 Å². The molecule has 4 rings (SSSR count). The molecular weight excluding hydrogens is 597 g/mol. The lowest BCUT2D eigenvalue weighted by atomic mass is 10.0. The van der Waals surface area contributed by atoms with Crippen LogP contribution in [0, 0.1) is 12.7 Å². The molecule has 1 aromatic carbocycles. The van der Waals surface area contributed by atoms with Gasteiger partial charge in [0, 0.05) is 11.1 Å². The summed E-state index contributed by atoms with van der Waals surface area (Å²) in [6, 6.07) is 3.76. The van der Waals surface area contributed by atoms with Crippen LogP contribution in [-0.2, 0) is 31.1 Å². The van der Waals surface area contributed by atoms with Crippen molar-refractivity contribution in [2.45, 2.75) is 65.1 Å². The largest absolute Gasteiger partial charge is 0.496 e. The monoisotopic (exact) mass is 631 g/mol. The number of ether oxygens (including phenoxy) is 3. The summed E-state index contributed by atoms with van der Waals surface area (Å²) in [5.41, 5.74) is -2.58. The number of aromatic nitrogens is 5. The van der Waals surface area contributed by atoms with Crippen LogP contribution < -0.4 is 16.0 Å². The molecule has 1 atom stereocenters. The minimum absolute atomic E-state index is 0.120. The average molecular weight is 632 g/mol. The molecule has 3 heterocycles. The molecule has 0 radical (unpaired) electrons. The number of carbonyl (C=O) groups excluding carboxylic acids is 1. The topological polar surface area (TPSA) is 157 Å². The number of carboxylic acids is 1. The number of carbonyl (C=O) groups is 2. The van der Waals surface area contributed by atoms with Crippen molar-refractivity contribution in [2.75, 3.05) is 20.3 Å². The number of hydrogen-bond donors (Lipinski definition) is 1. The van der Waals surface area contributed by atoms with Crippen molar-refractivity contribution in [1.29, 1.82) is 0 Å². The summed E-state index contributed by atoms with van der Waals surface area (Å²) in [6.45, 7) is 6.03. The van der Waals surface area contributed by atoms with E-state index in [1.165, 1.54) is 60.9 Å². The van der Waals surface area contributed by atoms with E-state index in [4.69, 9.17) is 14.2 Å². The number of hydrogen-bond acceptors (Lipinski definition) is 10. The molecule has 13 nitrogen and oxygen atoms in total. The van der Waals surface area contributed by atoms with Crippen molar-refractivity contribution in [3.05, 3.63) is 68.4 Å². The van der Waals surface area contributed by atoms with Crippen LogP contribution in [0.15, 0.2) is 40.2 Å². The first-order chi connectivity index (χ1) is 20.9. The minimum Gasteiger partial charge on any atom is -0.496 e. The van der Waals surface area contributed by atoms with Crippen molar-refractivity contribution >= 4 is 33.5 Å². The van der Waals surface area contributed by atoms with Gasteiger partial charge in [-0.3, -0.25) is 14.2 Å². The van der Waals surface area contributed by atoms with E-state index < -0.39 is 40.6 Å². The Balaban J connectivity index is 1.98. The van der Waals surface area contributed by atoms with Crippen molar-refractivity contribution < 1.29 is 33.3 Å². The van der Waals surface area contributed by atoms with Crippen LogP contribution in [0.5, 0.6) is 5.75 Å². The molecule has 1 N–H and O–H groups in total. The molecule has 0 aliphatic heterocycles. The van der Waals surface area contributed by atoms with E-state index in [1.807, 2.05) is 6.92 Å². The van der Waals surface area contributed by atoms with E-state index >= 15 is 0 Å². The summed E-state index contributed by atoms with van der Waals surface area (Å²) in [4.78, 5) is 54.4. The molecule has 15 heteroatoms. The van der Waals surface area contributed by atoms with Crippen LogP contribution in [0.1, 0.15) is 57.3 Å². The zero-order chi connectivity index (χ0) is 32.2. The van der Waals surface area contributed by atoms with Crippen molar-refractivity contribution in [2.24, 2.45) is 0 Å². The number of esters is 1. The maximum atomic E-state index is 14.5. The smallest absolute Gasteiger partial charge is 0.333 e. The molecule has 0 saturated heterocycles. The number of rotatable bonds is 14. The number of fused-ring (bicyclic) bond motifs is 1. The zero-order valence-corrected chi connectivity index (χ0v) is 25.9. The number of benzene rings is 1. The van der Waals surface area contributed by atoms with Gasteiger partial charge in [0.05, 0.1) is 51.1 Å². The minimum atomic E-state index is -1.72. The lowest BCUT2D eigenvalue weighted by molar-refractivity contribution is -0.153. The molecule has 0 spiro atoms. The maximum absolute atomic E-state index is 14.5. The van der Waals surface area contributed by atoms with E-state index in [2.05, 4.69) is 10.2 Å². The number of nitrogens with zero attached hydrogens (tertiary/aromatic N) is 5. The van der Waals surface area contributed by atoms with E-state index in [-0.39, 0.29) is 47.7 Å². The molecule has 0 fully saturated rings. The molecule has 0 unspecified atom stereocenters. The van der Waals surface area contributed by atoms with E-state index in [0.717, 1.165) is 22.3 Å². The number of halogens is 1. The molecule has 3 aromatic heterocycles. The second kappa shape index (κ2) is 13.5. The summed E-state index contributed by atoms with van der Waals surface area (Å²) >= 11 is 1.08. The van der Waals surface area contributed by atoms with Gasteiger partial charge in [-0.15, -0.1) is 4.80 Å². The Kier molecular flexibility index (Phi) is 9.99. The van der Waals surface area contributed by atoms with Crippen molar-refractivity contribution in [1.82, 2.24) is 24.1 Å². The van der Waals surface area contributed by atoms with Gasteiger partial charge in [-0.25, -0.2) is 18.5 Å². The van der Waals surface area contributed by atoms with Gasteiger partial charge in [-0.1, -0.05) is 24.7 Å². The molecule has 0 amide bonds. The van der Waals surface area contributed by atoms with Crippen LogP contribution in [0.25, 0.3) is 15.2 Å². The number of carboxylic acid groups (broad SMARTS) is 1. The Morgan fingerprint density at radius 2 is 1.86 bits per heavy atom. The number of aryl methyl sites for hydroxylation is 1. The summed E-state index contributed by atoms with van der Waals surface area (Å²) < 4.78 is 33.4. The first-order valence-electron chi connectivity index (χ1n) is 13.9. The summed E-state index contributed by atoms with van der Waals surface area (Å²) in [6.07, 6.45) is 2.86. The van der Waals surface area contributed by atoms with Gasteiger partial charge >= 0.3 is 17.6 Å². The summed E-state index contributed by atoms with van der Waals surface area (Å²) in [5, 5.41) is 18.2. The van der Waals surface area contributed by atoms with Crippen molar-refractivity contribution in [3.8, 4) is 10.8 Å². The first-order valence-corrected chi connectivity index (χ1v) is 14.7. The van der Waals surface area contributed by atoms with E-state index in [9.17, 15) is 28.7 Å². The molecule has 0 aliphatic carbocycles. The lowest BCUT2D eigenvalue weighted by Gasteiger charge is -2.27. The molecule has 0 aliphatic rings. The van der Waals surface area contributed by atoms with Crippen LogP contribution >= 0.6 is 11.3 Å². The Bertz CT molecular complexity index is 1780. The number of aliphatic carboxylic acids is 1. The van der Waals surface area contributed by atoms with E-state index in [1.54, 1.807) is 6.92 Å². The third-order valence-electron chi connectivity index (χ3n) is 7.10. The number of thiophene rings is 1. The van der Waals surface area contributed by atoms with Crippen LogP contribution in [0.4, 0.5) is 4.39 Å². The van der Waals surface area contributed by atoms with E-state index in [0.29, 0.717) is 17.0 Å². The summed E-state index contributed by atoms with van der Waals surface area (Å²) in [7, 11) is 1.38. The lowest BCUT2D eigenvalue weighted by Crippen LogP contribution is -2.53. The third-order valence-corrected chi connectivity index (χ3v) is 8.38. The van der Waals surface area contributed by atoms with Gasteiger partial charge < -0.3 is 19.3 Å². The third kappa shape index (κ3) is 6.43. The Hall–Kier alpha value is -4.37. The molecule has 4 aromatic rings. The Morgan fingerprint density at radius 1 is 1.16 bits per heavy atom. The number of unbranched alkanes of at least 4 members (excludes halogenated alkanes) is 1. The van der Waals surface area contributed by atoms with Gasteiger partial charge in [-0.2, -0.15) is 10.2 Å². The van der Waals surface area contributed by atoms with Gasteiger partial charge in [0.15, 0.2) is 0 Å². The predicted molar refractivity (Wildman–Crippen MR) is 159 cm³/mol. The maximum Gasteiger partial charge on any atom is 0.333 e. The highest BCUT2D eigenvalue weighted by molar-refractivity contribution is 7.21. The highest BCUT2D eigenvalue weighted by Gasteiger charge is 2.37. The first kappa shape index (κ1) is 32.5. The number of methoxy groups -OCH3 is 1. The van der Waals surface area contributed by atoms with Crippen LogP contribution in [0.2, 0.25) is 0 Å². The molecule has 0 saturated carbocycles. The molecule has 236 valence electrons.